The molecule has 6 rings (SSSR count). The largest absolute Gasteiger partial charge is 0.418 e. The standard InChI is InChI=1S/C21H19F3N6O.C3H5N3/c1-28-19(25-26-27-28)15-9-14(8-13-4-2-5-13)10-16(11-15)30-12-18-17(21(22,23)24)6-3-7-29(18)20(30)31;1-6-2-4-5-3-6/h3,6-7,9-13H,2,4-5,8H2,1H3;2-3H,1H3/q2*+1. The molecule has 0 unspecified atom stereocenters. The van der Waals surface area contributed by atoms with Gasteiger partial charge >= 0.3 is 24.0 Å². The number of hydrogen-bond acceptors (Lipinski definition) is 5. The van der Waals surface area contributed by atoms with E-state index >= 15 is 0 Å². The molecule has 10 nitrogen and oxygen atoms in total. The van der Waals surface area contributed by atoms with Gasteiger partial charge in [0.05, 0.1) is 41.5 Å². The van der Waals surface area contributed by atoms with Gasteiger partial charge in [-0.2, -0.15) is 13.2 Å². The molecule has 0 bridgehead atoms. The molecule has 0 amide bonds. The van der Waals surface area contributed by atoms with Crippen LogP contribution >= 0.6 is 0 Å². The molecule has 2 radical (unpaired) electrons. The van der Waals surface area contributed by atoms with Crippen LogP contribution in [0.2, 0.25) is 0 Å². The first-order valence-electron chi connectivity index (χ1n) is 11.7. The van der Waals surface area contributed by atoms with E-state index in [4.69, 9.17) is 0 Å². The Morgan fingerprint density at radius 2 is 1.95 bits per heavy atom. The third kappa shape index (κ3) is 5.06. The number of nitrogens with zero attached hydrogens (tertiary/aromatic N) is 9. The Morgan fingerprint density at radius 3 is 2.51 bits per heavy atom. The maximum absolute atomic E-state index is 13.5. The van der Waals surface area contributed by atoms with Crippen molar-refractivity contribution >= 4 is 17.7 Å². The Kier molecular flexibility index (Phi) is 6.44. The highest BCUT2D eigenvalue weighted by molar-refractivity contribution is 5.95. The van der Waals surface area contributed by atoms with Gasteiger partial charge in [-0.05, 0) is 53.3 Å². The van der Waals surface area contributed by atoms with Gasteiger partial charge < -0.3 is 0 Å². The van der Waals surface area contributed by atoms with Gasteiger partial charge in [0.1, 0.15) is 10.6 Å². The van der Waals surface area contributed by atoms with Crippen LogP contribution in [0, 0.1) is 12.6 Å². The zero-order valence-electron chi connectivity index (χ0n) is 20.2. The topological polar surface area (TPSA) is 96.0 Å². The van der Waals surface area contributed by atoms with Gasteiger partial charge in [-0.25, -0.2) is 9.37 Å². The van der Waals surface area contributed by atoms with E-state index in [1.807, 2.05) is 19.2 Å². The molecule has 0 spiro atoms. The first-order valence-corrected chi connectivity index (χ1v) is 11.7. The van der Waals surface area contributed by atoms with Crippen molar-refractivity contribution in [3.8, 4) is 5.69 Å². The molecule has 0 atom stereocenters. The summed E-state index contributed by atoms with van der Waals surface area (Å²) in [6, 6.07) is 7.77. The zero-order valence-corrected chi connectivity index (χ0v) is 20.2. The lowest BCUT2D eigenvalue weighted by atomic mass is 9.80. The fraction of sp³-hybridized carbons (Fsp3) is 0.333. The van der Waals surface area contributed by atoms with E-state index in [2.05, 4.69) is 26.1 Å². The van der Waals surface area contributed by atoms with Crippen molar-refractivity contribution in [1.29, 1.82) is 0 Å². The maximum Gasteiger partial charge on any atom is 0.418 e. The summed E-state index contributed by atoms with van der Waals surface area (Å²) in [4.78, 5) is 13.0. The summed E-state index contributed by atoms with van der Waals surface area (Å²) in [5, 5.41) is 14.6. The van der Waals surface area contributed by atoms with Crippen LogP contribution in [-0.2, 0) is 12.6 Å². The van der Waals surface area contributed by atoms with Crippen LogP contribution in [-0.4, -0.2) is 44.5 Å². The van der Waals surface area contributed by atoms with Crippen LogP contribution in [0.25, 0.3) is 11.2 Å². The van der Waals surface area contributed by atoms with Crippen molar-refractivity contribution in [2.75, 3.05) is 14.1 Å². The first kappa shape index (κ1) is 24.5. The predicted octanol–water partition coefficient (Wildman–Crippen LogP) is 3.98. The molecule has 0 saturated heterocycles. The average Bonchev–Trinajstić information content (AvgIpc) is 3.56. The molecule has 37 heavy (non-hydrogen) atoms. The molecule has 3 aromatic rings. The quantitative estimate of drug-likeness (QED) is 0.487. The number of hydrogen-bond donors (Lipinski definition) is 0. The number of aromatic nitrogens is 2. The number of pyridine rings is 1. The second-order valence-electron chi connectivity index (χ2n) is 9.10. The van der Waals surface area contributed by atoms with E-state index in [9.17, 15) is 18.0 Å². The number of imidazole rings is 1. The monoisotopic (exact) mass is 511 g/mol. The molecule has 1 fully saturated rings. The molecule has 4 heterocycles. The summed E-state index contributed by atoms with van der Waals surface area (Å²) in [5.41, 5.74) is 4.63. The second-order valence-corrected chi connectivity index (χ2v) is 9.10. The number of halogens is 3. The second kappa shape index (κ2) is 9.71. The molecule has 2 aliphatic heterocycles. The average molecular weight is 512 g/mol. The predicted molar refractivity (Wildman–Crippen MR) is 128 cm³/mol. The van der Waals surface area contributed by atoms with Gasteiger partial charge in [0, 0.05) is 12.4 Å². The van der Waals surface area contributed by atoms with Crippen LogP contribution in [0.15, 0.2) is 68.2 Å². The van der Waals surface area contributed by atoms with Crippen molar-refractivity contribution in [1.82, 2.24) is 14.4 Å². The van der Waals surface area contributed by atoms with E-state index in [1.54, 1.807) is 30.7 Å². The summed E-state index contributed by atoms with van der Waals surface area (Å²) in [6.45, 7) is 1.64. The Bertz CT molecular complexity index is 1520. The highest BCUT2D eigenvalue weighted by atomic mass is 19.4. The summed E-state index contributed by atoms with van der Waals surface area (Å²) < 4.78 is 45.9. The van der Waals surface area contributed by atoms with Gasteiger partial charge in [-0.1, -0.05) is 19.3 Å². The molecule has 1 aromatic carbocycles. The van der Waals surface area contributed by atoms with Crippen LogP contribution in [0.4, 0.5) is 13.2 Å². The lowest BCUT2D eigenvalue weighted by molar-refractivity contribution is -0.505. The van der Waals surface area contributed by atoms with E-state index in [1.165, 1.54) is 34.1 Å². The molecule has 0 N–H and O–H groups in total. The van der Waals surface area contributed by atoms with Crippen molar-refractivity contribution in [2.45, 2.75) is 31.9 Å². The fourth-order valence-electron chi connectivity index (χ4n) is 4.35. The lowest BCUT2D eigenvalue weighted by Crippen LogP contribution is -2.21. The SMILES string of the molecule is C[N+]1=C(c2cc(CC3CCC3)cc(-n3cc4c(C(F)(F)F)cccn4c3=O)c2)[N]N=N1.C[N+]1=CN=N[CH]1. The van der Waals surface area contributed by atoms with Crippen molar-refractivity contribution in [2.24, 2.45) is 26.6 Å². The number of alkyl halides is 3. The van der Waals surface area contributed by atoms with Gasteiger partial charge in [0.25, 0.3) is 6.67 Å². The zero-order chi connectivity index (χ0) is 26.2. The lowest BCUT2D eigenvalue weighted by Gasteiger charge is -2.25. The third-order valence-electron chi connectivity index (χ3n) is 6.42. The fourth-order valence-corrected chi connectivity index (χ4v) is 4.35. The Balaban J connectivity index is 0.000000412. The number of rotatable bonds is 4. The summed E-state index contributed by atoms with van der Waals surface area (Å²) in [7, 11) is 3.59. The smallest absolute Gasteiger partial charge is 0.267 e. The van der Waals surface area contributed by atoms with E-state index in [0.29, 0.717) is 23.0 Å². The molecule has 1 saturated carbocycles. The molecule has 190 valence electrons. The Labute approximate surface area is 209 Å². The minimum atomic E-state index is -4.56. The summed E-state index contributed by atoms with van der Waals surface area (Å²) >= 11 is 0. The number of benzene rings is 1. The third-order valence-corrected chi connectivity index (χ3v) is 6.42. The van der Waals surface area contributed by atoms with Gasteiger partial charge in [0.15, 0.2) is 0 Å². The van der Waals surface area contributed by atoms with Crippen LogP contribution in [0.1, 0.15) is 36.0 Å². The molecule has 2 aromatic heterocycles. The van der Waals surface area contributed by atoms with Crippen molar-refractivity contribution < 1.29 is 22.4 Å². The van der Waals surface area contributed by atoms with Gasteiger partial charge in [-0.15, -0.1) is 4.68 Å². The minimum Gasteiger partial charge on any atom is -0.267 e. The highest BCUT2D eigenvalue weighted by Crippen LogP contribution is 2.33. The Morgan fingerprint density at radius 1 is 1.14 bits per heavy atom. The first-order chi connectivity index (χ1) is 17.7. The molecule has 3 aliphatic rings. The van der Waals surface area contributed by atoms with Crippen LogP contribution in [0.3, 0.4) is 0 Å². The van der Waals surface area contributed by atoms with Crippen LogP contribution in [0.5, 0.6) is 0 Å². The number of amidine groups is 1. The van der Waals surface area contributed by atoms with E-state index < -0.39 is 17.4 Å². The van der Waals surface area contributed by atoms with Gasteiger partial charge in [-0.3, -0.25) is 8.97 Å². The minimum absolute atomic E-state index is 0.189. The molecular formula is C24H24F3N9O+2. The normalized spacial score (nSPS) is 17.1. The number of fused-ring (bicyclic) bond motifs is 1. The summed E-state index contributed by atoms with van der Waals surface area (Å²) in [5.74, 6) is 1.09. The molecular weight excluding hydrogens is 487 g/mol. The van der Waals surface area contributed by atoms with Crippen LogP contribution < -0.4 is 11.1 Å². The van der Waals surface area contributed by atoms with E-state index in [0.717, 1.165) is 35.3 Å². The number of azo groups is 1. The van der Waals surface area contributed by atoms with Gasteiger partial charge in [0.2, 0.25) is 5.22 Å². The van der Waals surface area contributed by atoms with Crippen molar-refractivity contribution in [3.63, 3.8) is 0 Å². The van der Waals surface area contributed by atoms with Crippen molar-refractivity contribution in [3.05, 3.63) is 76.6 Å². The summed E-state index contributed by atoms with van der Waals surface area (Å²) in [6.07, 6.45) is 4.00. The maximum atomic E-state index is 13.5. The Hall–Kier alpha value is -4.16. The molecule has 13 heteroatoms. The highest BCUT2D eigenvalue weighted by Gasteiger charge is 2.34. The molecule has 1 aliphatic carbocycles. The van der Waals surface area contributed by atoms with E-state index in [-0.39, 0.29) is 5.52 Å².